The lowest BCUT2D eigenvalue weighted by Crippen LogP contribution is -2.28. The van der Waals surface area contributed by atoms with Gasteiger partial charge in [0, 0.05) is 31.0 Å². The number of benzene rings is 1. The Morgan fingerprint density at radius 1 is 1.26 bits per heavy atom. The monoisotopic (exact) mass is 364 g/mol. The van der Waals surface area contributed by atoms with E-state index in [1.807, 2.05) is 43.6 Å². The maximum absolute atomic E-state index is 12.4. The van der Waals surface area contributed by atoms with Gasteiger partial charge < -0.3 is 15.7 Å². The molecule has 3 N–H and O–H groups in total. The average Bonchev–Trinajstić information content (AvgIpc) is 3.04. The van der Waals surface area contributed by atoms with Gasteiger partial charge in [0.05, 0.1) is 18.0 Å². The Labute approximate surface area is 156 Å². The molecule has 27 heavy (non-hydrogen) atoms. The second-order valence-corrected chi connectivity index (χ2v) is 6.34. The quantitative estimate of drug-likeness (QED) is 0.633. The van der Waals surface area contributed by atoms with E-state index in [9.17, 15) is 4.79 Å². The molecule has 0 fully saturated rings. The summed E-state index contributed by atoms with van der Waals surface area (Å²) in [6.45, 7) is 0.0966. The second-order valence-electron chi connectivity index (χ2n) is 6.34. The molecule has 0 saturated heterocycles. The molecule has 1 aromatic carbocycles. The van der Waals surface area contributed by atoms with E-state index in [1.54, 1.807) is 4.68 Å². The maximum Gasteiger partial charge on any atom is 0.272 e. The molecule has 1 amide bonds. The lowest BCUT2D eigenvalue weighted by atomic mass is 9.93. The topological polar surface area (TPSA) is 105 Å². The number of hydrogen-bond donors (Lipinski definition) is 3. The number of nitrogens with one attached hydrogen (secondary N) is 2. The molecule has 0 radical (unpaired) electrons. The number of amides is 1. The number of nitrogens with zero attached hydrogens (tertiary/aromatic N) is 4. The first-order valence-electron chi connectivity index (χ1n) is 8.80. The van der Waals surface area contributed by atoms with Crippen molar-refractivity contribution in [1.82, 2.24) is 25.1 Å². The van der Waals surface area contributed by atoms with Crippen LogP contribution in [-0.2, 0) is 19.9 Å². The van der Waals surface area contributed by atoms with E-state index in [1.165, 1.54) is 0 Å². The van der Waals surface area contributed by atoms with Crippen LogP contribution < -0.4 is 10.6 Å². The van der Waals surface area contributed by atoms with E-state index in [4.69, 9.17) is 10.1 Å². The van der Waals surface area contributed by atoms with Crippen LogP contribution in [0.4, 0.5) is 11.6 Å². The first-order valence-corrected chi connectivity index (χ1v) is 8.80. The first kappa shape index (κ1) is 17.2. The molecular weight excluding hydrogens is 344 g/mol. The van der Waals surface area contributed by atoms with Crippen LogP contribution in [0, 0.1) is 0 Å². The van der Waals surface area contributed by atoms with E-state index < -0.39 is 0 Å². The van der Waals surface area contributed by atoms with Gasteiger partial charge in [-0.1, -0.05) is 18.2 Å². The molecule has 0 unspecified atom stereocenters. The fourth-order valence-corrected chi connectivity index (χ4v) is 3.30. The highest BCUT2D eigenvalue weighted by molar-refractivity contribution is 5.95. The minimum absolute atomic E-state index is 0.106. The lowest BCUT2D eigenvalue weighted by molar-refractivity contribution is 0.0938. The highest BCUT2D eigenvalue weighted by atomic mass is 16.3. The number of hydrogen-bond acceptors (Lipinski definition) is 6. The summed E-state index contributed by atoms with van der Waals surface area (Å²) in [7, 11) is 1.81. The van der Waals surface area contributed by atoms with Crippen LogP contribution in [0.3, 0.4) is 0 Å². The Bertz CT molecular complexity index is 983. The number of aryl methyl sites for hydroxylation is 2. The Morgan fingerprint density at radius 3 is 2.85 bits per heavy atom. The van der Waals surface area contributed by atoms with Crippen molar-refractivity contribution in [3.63, 3.8) is 0 Å². The van der Waals surface area contributed by atoms with Crippen molar-refractivity contribution in [3.05, 3.63) is 53.3 Å². The van der Waals surface area contributed by atoms with Gasteiger partial charge in [0.15, 0.2) is 5.69 Å². The fraction of sp³-hybridized carbons (Fsp3) is 0.263. The number of aromatic nitrogens is 4. The van der Waals surface area contributed by atoms with Crippen molar-refractivity contribution >= 4 is 17.5 Å². The summed E-state index contributed by atoms with van der Waals surface area (Å²) in [6, 6.07) is 9.72. The Morgan fingerprint density at radius 2 is 2.07 bits per heavy atom. The molecule has 0 saturated carbocycles. The van der Waals surface area contributed by atoms with E-state index in [0.717, 1.165) is 34.6 Å². The SMILES string of the molecule is Cn1nc(C(=O)NCCO)c2c1-c1nc(Nc3ccccc3)ncc1CC2. The molecular formula is C19H20N6O2. The van der Waals surface area contributed by atoms with Crippen LogP contribution in [0.15, 0.2) is 36.5 Å². The molecule has 138 valence electrons. The van der Waals surface area contributed by atoms with Crippen LogP contribution in [0.1, 0.15) is 21.6 Å². The van der Waals surface area contributed by atoms with Crippen molar-refractivity contribution in [2.24, 2.45) is 7.05 Å². The van der Waals surface area contributed by atoms with Gasteiger partial charge in [-0.25, -0.2) is 9.97 Å². The van der Waals surface area contributed by atoms with Gasteiger partial charge in [0.1, 0.15) is 0 Å². The number of aliphatic hydroxyl groups excluding tert-OH is 1. The number of rotatable bonds is 5. The van der Waals surface area contributed by atoms with Gasteiger partial charge in [0.2, 0.25) is 5.95 Å². The van der Waals surface area contributed by atoms with Crippen molar-refractivity contribution in [1.29, 1.82) is 0 Å². The van der Waals surface area contributed by atoms with E-state index in [2.05, 4.69) is 20.7 Å². The van der Waals surface area contributed by atoms with Crippen LogP contribution in [0.25, 0.3) is 11.4 Å². The molecule has 3 aromatic rings. The molecule has 8 heteroatoms. The number of anilines is 2. The zero-order chi connectivity index (χ0) is 18.8. The summed E-state index contributed by atoms with van der Waals surface area (Å²) in [4.78, 5) is 21.5. The third-order valence-corrected chi connectivity index (χ3v) is 4.52. The van der Waals surface area contributed by atoms with Gasteiger partial charge in [-0.05, 0) is 30.5 Å². The van der Waals surface area contributed by atoms with Crippen LogP contribution in [0.5, 0.6) is 0 Å². The fourth-order valence-electron chi connectivity index (χ4n) is 3.30. The number of carbonyl (C=O) groups excluding carboxylic acids is 1. The number of para-hydroxylation sites is 1. The zero-order valence-electron chi connectivity index (χ0n) is 14.9. The minimum atomic E-state index is -0.277. The molecule has 0 atom stereocenters. The molecule has 0 spiro atoms. The summed E-state index contributed by atoms with van der Waals surface area (Å²) < 4.78 is 1.69. The Kier molecular flexibility index (Phi) is 4.55. The predicted octanol–water partition coefficient (Wildman–Crippen LogP) is 1.44. The zero-order valence-corrected chi connectivity index (χ0v) is 14.9. The summed E-state index contributed by atoms with van der Waals surface area (Å²) in [5.41, 5.74) is 4.84. The Balaban J connectivity index is 1.71. The molecule has 1 aliphatic carbocycles. The first-order chi connectivity index (χ1) is 13.2. The van der Waals surface area contributed by atoms with E-state index >= 15 is 0 Å². The van der Waals surface area contributed by atoms with Crippen LogP contribution in [0.2, 0.25) is 0 Å². The number of aliphatic hydroxyl groups is 1. The maximum atomic E-state index is 12.4. The normalized spacial score (nSPS) is 12.2. The molecule has 8 nitrogen and oxygen atoms in total. The van der Waals surface area contributed by atoms with Crippen molar-refractivity contribution in [3.8, 4) is 11.4 Å². The summed E-state index contributed by atoms with van der Waals surface area (Å²) in [5.74, 6) is 0.223. The number of fused-ring (bicyclic) bond motifs is 3. The van der Waals surface area contributed by atoms with Gasteiger partial charge >= 0.3 is 0 Å². The highest BCUT2D eigenvalue weighted by Gasteiger charge is 2.28. The van der Waals surface area contributed by atoms with Crippen molar-refractivity contribution in [2.45, 2.75) is 12.8 Å². The Hall–Kier alpha value is -3.26. The standard InChI is InChI=1S/C19H20N6O2/c1-25-17-14(16(24-25)18(27)20-9-10-26)8-7-12-11-21-19(23-15(12)17)22-13-5-3-2-4-6-13/h2-6,11,26H,7-10H2,1H3,(H,20,27)(H,21,22,23). The van der Waals surface area contributed by atoms with Gasteiger partial charge in [0.25, 0.3) is 5.91 Å². The third kappa shape index (κ3) is 3.26. The third-order valence-electron chi connectivity index (χ3n) is 4.52. The molecule has 2 heterocycles. The molecule has 0 bridgehead atoms. The van der Waals surface area contributed by atoms with Crippen LogP contribution >= 0.6 is 0 Å². The smallest absolute Gasteiger partial charge is 0.272 e. The van der Waals surface area contributed by atoms with E-state index in [0.29, 0.717) is 18.1 Å². The number of carbonyl (C=O) groups is 1. The molecule has 1 aliphatic rings. The molecule has 0 aliphatic heterocycles. The van der Waals surface area contributed by atoms with Gasteiger partial charge in [-0.2, -0.15) is 5.10 Å². The highest BCUT2D eigenvalue weighted by Crippen LogP contribution is 2.34. The lowest BCUT2D eigenvalue weighted by Gasteiger charge is -2.17. The minimum Gasteiger partial charge on any atom is -0.395 e. The molecule has 2 aromatic heterocycles. The largest absolute Gasteiger partial charge is 0.395 e. The summed E-state index contributed by atoms with van der Waals surface area (Å²) in [6.07, 6.45) is 3.28. The average molecular weight is 364 g/mol. The second kappa shape index (κ2) is 7.16. The molecule has 4 rings (SSSR count). The summed E-state index contributed by atoms with van der Waals surface area (Å²) >= 11 is 0. The summed E-state index contributed by atoms with van der Waals surface area (Å²) in [5, 5.41) is 19.2. The van der Waals surface area contributed by atoms with Gasteiger partial charge in [-0.3, -0.25) is 9.48 Å². The predicted molar refractivity (Wildman–Crippen MR) is 101 cm³/mol. The van der Waals surface area contributed by atoms with Gasteiger partial charge in [-0.15, -0.1) is 0 Å². The van der Waals surface area contributed by atoms with Crippen molar-refractivity contribution < 1.29 is 9.90 Å². The van der Waals surface area contributed by atoms with Crippen LogP contribution in [-0.4, -0.2) is 43.9 Å². The van der Waals surface area contributed by atoms with Crippen molar-refractivity contribution in [2.75, 3.05) is 18.5 Å². The van der Waals surface area contributed by atoms with E-state index in [-0.39, 0.29) is 19.1 Å².